The molecular formula is C11H11BrClN5. The van der Waals surface area contributed by atoms with Gasteiger partial charge in [-0.25, -0.2) is 0 Å². The first-order chi connectivity index (χ1) is 8.58. The molecule has 2 N–H and O–H groups in total. The van der Waals surface area contributed by atoms with Crippen LogP contribution in [-0.2, 0) is 0 Å². The van der Waals surface area contributed by atoms with Crippen LogP contribution in [0.5, 0.6) is 0 Å². The summed E-state index contributed by atoms with van der Waals surface area (Å²) < 4.78 is 1.02. The van der Waals surface area contributed by atoms with Crippen LogP contribution in [0.3, 0.4) is 0 Å². The second-order valence-electron chi connectivity index (χ2n) is 3.59. The summed E-state index contributed by atoms with van der Waals surface area (Å²) >= 11 is 9.27. The van der Waals surface area contributed by atoms with E-state index in [1.54, 1.807) is 7.05 Å². The minimum atomic E-state index is 0.142. The Morgan fingerprint density at radius 2 is 1.89 bits per heavy atom. The smallest absolute Gasteiger partial charge is 0.233 e. The Kier molecular flexibility index (Phi) is 3.98. The Balaban J connectivity index is 2.27. The number of hydrogen-bond donors (Lipinski definition) is 2. The van der Waals surface area contributed by atoms with Crippen molar-refractivity contribution in [2.75, 3.05) is 17.7 Å². The summed E-state index contributed by atoms with van der Waals surface area (Å²) in [7, 11) is 1.72. The van der Waals surface area contributed by atoms with Gasteiger partial charge >= 0.3 is 0 Å². The quantitative estimate of drug-likeness (QED) is 0.904. The van der Waals surface area contributed by atoms with E-state index in [1.165, 1.54) is 0 Å². The van der Waals surface area contributed by atoms with E-state index in [1.807, 2.05) is 25.1 Å². The highest BCUT2D eigenvalue weighted by molar-refractivity contribution is 9.10. The molecule has 0 saturated carbocycles. The summed E-state index contributed by atoms with van der Waals surface area (Å²) in [5.74, 6) is 0.818. The van der Waals surface area contributed by atoms with Crippen molar-refractivity contribution in [3.05, 3.63) is 33.5 Å². The van der Waals surface area contributed by atoms with Gasteiger partial charge in [0.25, 0.3) is 0 Å². The third kappa shape index (κ3) is 3.08. The van der Waals surface area contributed by atoms with Gasteiger partial charge in [-0.05, 0) is 36.2 Å². The topological polar surface area (TPSA) is 62.7 Å². The Labute approximate surface area is 118 Å². The van der Waals surface area contributed by atoms with Crippen LogP contribution in [0.25, 0.3) is 0 Å². The van der Waals surface area contributed by atoms with Crippen molar-refractivity contribution >= 4 is 45.1 Å². The third-order valence-electron chi connectivity index (χ3n) is 2.26. The van der Waals surface area contributed by atoms with Crippen molar-refractivity contribution in [3.8, 4) is 0 Å². The molecule has 0 aliphatic heterocycles. The number of aryl methyl sites for hydroxylation is 1. The van der Waals surface area contributed by atoms with E-state index in [9.17, 15) is 0 Å². The number of nitrogens with one attached hydrogen (secondary N) is 2. The number of nitrogens with zero attached hydrogens (tertiary/aromatic N) is 3. The van der Waals surface area contributed by atoms with Crippen LogP contribution in [0.4, 0.5) is 17.6 Å². The SMILES string of the molecule is CNc1nc(Cl)nc(Nc2ccc(C)c(Br)c2)n1. The minimum absolute atomic E-state index is 0.142. The lowest BCUT2D eigenvalue weighted by Gasteiger charge is -2.07. The Hall–Kier alpha value is -1.40. The van der Waals surface area contributed by atoms with Crippen LogP contribution in [0.1, 0.15) is 5.56 Å². The second-order valence-corrected chi connectivity index (χ2v) is 4.78. The molecule has 0 unspecified atom stereocenters. The first-order valence-corrected chi connectivity index (χ1v) is 6.38. The molecule has 1 aromatic heterocycles. The number of aromatic nitrogens is 3. The van der Waals surface area contributed by atoms with Gasteiger partial charge in [0.15, 0.2) is 0 Å². The van der Waals surface area contributed by atoms with E-state index in [-0.39, 0.29) is 5.28 Å². The highest BCUT2D eigenvalue weighted by Crippen LogP contribution is 2.22. The average molecular weight is 329 g/mol. The van der Waals surface area contributed by atoms with Gasteiger partial charge in [-0.3, -0.25) is 0 Å². The van der Waals surface area contributed by atoms with Gasteiger partial charge in [-0.1, -0.05) is 22.0 Å². The lowest BCUT2D eigenvalue weighted by molar-refractivity contribution is 1.05. The summed E-state index contributed by atoms with van der Waals surface area (Å²) in [6.45, 7) is 2.02. The van der Waals surface area contributed by atoms with E-state index >= 15 is 0 Å². The van der Waals surface area contributed by atoms with Gasteiger partial charge in [0.2, 0.25) is 17.2 Å². The number of hydrogen-bond acceptors (Lipinski definition) is 5. The highest BCUT2D eigenvalue weighted by atomic mass is 79.9. The van der Waals surface area contributed by atoms with E-state index in [4.69, 9.17) is 11.6 Å². The zero-order valence-corrected chi connectivity index (χ0v) is 12.2. The van der Waals surface area contributed by atoms with Crippen LogP contribution in [-0.4, -0.2) is 22.0 Å². The van der Waals surface area contributed by atoms with Gasteiger partial charge in [0.1, 0.15) is 0 Å². The Bertz CT molecular complexity index is 575. The molecule has 0 amide bonds. The molecule has 94 valence electrons. The monoisotopic (exact) mass is 327 g/mol. The normalized spacial score (nSPS) is 10.2. The third-order valence-corrected chi connectivity index (χ3v) is 3.28. The average Bonchev–Trinajstić information content (AvgIpc) is 2.33. The molecule has 0 atom stereocenters. The molecule has 5 nitrogen and oxygen atoms in total. The summed E-state index contributed by atoms with van der Waals surface area (Å²) in [4.78, 5) is 12.1. The first kappa shape index (κ1) is 13.0. The van der Waals surface area contributed by atoms with Gasteiger partial charge < -0.3 is 10.6 Å². The number of halogens is 2. The van der Waals surface area contributed by atoms with Crippen molar-refractivity contribution in [3.63, 3.8) is 0 Å². The molecule has 0 radical (unpaired) electrons. The predicted molar refractivity (Wildman–Crippen MR) is 76.5 cm³/mol. The van der Waals surface area contributed by atoms with Crippen LogP contribution in [0, 0.1) is 6.92 Å². The number of rotatable bonds is 3. The van der Waals surface area contributed by atoms with Crippen LogP contribution in [0.2, 0.25) is 5.28 Å². The van der Waals surface area contributed by atoms with Crippen molar-refractivity contribution in [2.45, 2.75) is 6.92 Å². The summed E-state index contributed by atoms with van der Waals surface area (Å²) in [5.41, 5.74) is 2.03. The maximum atomic E-state index is 5.80. The van der Waals surface area contributed by atoms with Crippen LogP contribution < -0.4 is 10.6 Å². The maximum Gasteiger partial charge on any atom is 0.233 e. The molecule has 0 aliphatic carbocycles. The first-order valence-electron chi connectivity index (χ1n) is 5.21. The van der Waals surface area contributed by atoms with E-state index in [0.29, 0.717) is 11.9 Å². The standard InChI is InChI=1S/C11H11BrClN5/c1-6-3-4-7(5-8(6)12)15-11-17-9(13)16-10(14-2)18-11/h3-5H,1-2H3,(H2,14,15,16,17,18). The molecule has 0 fully saturated rings. The molecule has 0 spiro atoms. The molecule has 1 heterocycles. The fourth-order valence-corrected chi connectivity index (χ4v) is 1.86. The van der Waals surface area contributed by atoms with Gasteiger partial charge in [0.05, 0.1) is 0 Å². The van der Waals surface area contributed by atoms with Crippen molar-refractivity contribution in [1.29, 1.82) is 0 Å². The van der Waals surface area contributed by atoms with Crippen molar-refractivity contribution in [1.82, 2.24) is 15.0 Å². The van der Waals surface area contributed by atoms with E-state index in [2.05, 4.69) is 41.5 Å². The molecule has 18 heavy (non-hydrogen) atoms. The number of anilines is 3. The largest absolute Gasteiger partial charge is 0.357 e. The summed E-state index contributed by atoms with van der Waals surface area (Å²) in [5, 5.41) is 6.03. The van der Waals surface area contributed by atoms with Crippen molar-refractivity contribution < 1.29 is 0 Å². The van der Waals surface area contributed by atoms with Gasteiger partial charge in [-0.15, -0.1) is 0 Å². The molecule has 2 rings (SSSR count). The fraction of sp³-hybridized carbons (Fsp3) is 0.182. The highest BCUT2D eigenvalue weighted by Gasteiger charge is 2.05. The van der Waals surface area contributed by atoms with E-state index < -0.39 is 0 Å². The van der Waals surface area contributed by atoms with Gasteiger partial charge in [-0.2, -0.15) is 15.0 Å². The molecule has 2 aromatic rings. The zero-order chi connectivity index (χ0) is 13.1. The lowest BCUT2D eigenvalue weighted by atomic mass is 10.2. The zero-order valence-electron chi connectivity index (χ0n) is 9.83. The van der Waals surface area contributed by atoms with Crippen LogP contribution >= 0.6 is 27.5 Å². The molecule has 0 aliphatic rings. The summed E-state index contributed by atoms with van der Waals surface area (Å²) in [6.07, 6.45) is 0. The lowest BCUT2D eigenvalue weighted by Crippen LogP contribution is -2.03. The van der Waals surface area contributed by atoms with Crippen LogP contribution in [0.15, 0.2) is 22.7 Å². The van der Waals surface area contributed by atoms with Crippen molar-refractivity contribution in [2.24, 2.45) is 0 Å². The van der Waals surface area contributed by atoms with Gasteiger partial charge in [0, 0.05) is 17.2 Å². The Morgan fingerprint density at radius 1 is 1.17 bits per heavy atom. The fourth-order valence-electron chi connectivity index (χ4n) is 1.32. The maximum absolute atomic E-state index is 5.80. The summed E-state index contributed by atoms with van der Waals surface area (Å²) in [6, 6.07) is 5.89. The molecule has 1 aromatic carbocycles. The minimum Gasteiger partial charge on any atom is -0.357 e. The molecule has 0 bridgehead atoms. The molecular weight excluding hydrogens is 318 g/mol. The predicted octanol–water partition coefficient (Wildman–Crippen LogP) is 3.38. The number of benzene rings is 1. The Morgan fingerprint density at radius 3 is 2.56 bits per heavy atom. The van der Waals surface area contributed by atoms with E-state index in [0.717, 1.165) is 15.7 Å². The molecule has 0 saturated heterocycles. The molecule has 7 heteroatoms. The second kappa shape index (κ2) is 5.49.